The molecule has 0 bridgehead atoms. The maximum Gasteiger partial charge on any atom is 0.350 e. The largest absolute Gasteiger partial charge is 0.461 e. The molecule has 0 aliphatic rings. The Hall–Kier alpha value is -1.75. The number of aryl methyl sites for hydroxylation is 3. The molecule has 0 amide bonds. The maximum atomic E-state index is 11.7. The van der Waals surface area contributed by atoms with Crippen LogP contribution >= 0.6 is 11.3 Å². The average Bonchev–Trinajstić information content (AvgIpc) is 2.81. The number of carbonyl (C=O) groups is 1. The number of aromatic nitrogens is 2. The van der Waals surface area contributed by atoms with E-state index in [0.717, 1.165) is 29.9 Å². The molecule has 5 heteroatoms. The van der Waals surface area contributed by atoms with Crippen LogP contribution in [0, 0.1) is 13.8 Å². The van der Waals surface area contributed by atoms with Crippen molar-refractivity contribution in [3.63, 3.8) is 0 Å². The molecule has 4 nitrogen and oxygen atoms in total. The van der Waals surface area contributed by atoms with Crippen molar-refractivity contribution < 1.29 is 9.53 Å². The van der Waals surface area contributed by atoms with Gasteiger partial charge in [0.2, 0.25) is 0 Å². The molecule has 0 aromatic carbocycles. The number of hydrogen-bond acceptors (Lipinski definition) is 5. The van der Waals surface area contributed by atoms with Crippen LogP contribution < -0.4 is 0 Å². The van der Waals surface area contributed by atoms with Crippen molar-refractivity contribution in [2.75, 3.05) is 6.61 Å². The van der Waals surface area contributed by atoms with Crippen LogP contribution in [0.5, 0.6) is 0 Å². The fourth-order valence-corrected chi connectivity index (χ4v) is 2.41. The Morgan fingerprint density at radius 1 is 1.37 bits per heavy atom. The predicted octanol–water partition coefficient (Wildman–Crippen LogP) is 2.94. The van der Waals surface area contributed by atoms with Gasteiger partial charge in [-0.1, -0.05) is 6.07 Å². The van der Waals surface area contributed by atoms with Gasteiger partial charge < -0.3 is 4.74 Å². The van der Waals surface area contributed by atoms with Crippen LogP contribution in [0.25, 0.3) is 0 Å². The third kappa shape index (κ3) is 3.86. The van der Waals surface area contributed by atoms with E-state index >= 15 is 0 Å². The standard InChI is InChI=1S/C14H16N2O2S/c1-10-5-3-6-12(16-10)7-4-8-18-14(17)13-11(2)15-9-19-13/h3,5-6,9H,4,7-8H2,1-2H3. The molecule has 2 aromatic heterocycles. The number of rotatable bonds is 5. The quantitative estimate of drug-likeness (QED) is 0.622. The van der Waals surface area contributed by atoms with Gasteiger partial charge in [0.05, 0.1) is 17.8 Å². The van der Waals surface area contributed by atoms with Gasteiger partial charge in [0.15, 0.2) is 0 Å². The lowest BCUT2D eigenvalue weighted by molar-refractivity contribution is 0.0505. The Morgan fingerprint density at radius 3 is 2.89 bits per heavy atom. The third-order valence-electron chi connectivity index (χ3n) is 2.69. The van der Waals surface area contributed by atoms with Gasteiger partial charge in [-0.2, -0.15) is 0 Å². The van der Waals surface area contributed by atoms with Crippen LogP contribution in [0.3, 0.4) is 0 Å². The van der Waals surface area contributed by atoms with E-state index in [9.17, 15) is 4.79 Å². The highest BCUT2D eigenvalue weighted by Crippen LogP contribution is 2.13. The summed E-state index contributed by atoms with van der Waals surface area (Å²) in [5.74, 6) is -0.280. The SMILES string of the molecule is Cc1cccc(CCCOC(=O)c2scnc2C)n1. The van der Waals surface area contributed by atoms with Gasteiger partial charge >= 0.3 is 5.97 Å². The summed E-state index contributed by atoms with van der Waals surface area (Å²) >= 11 is 1.32. The van der Waals surface area contributed by atoms with Crippen molar-refractivity contribution in [3.8, 4) is 0 Å². The number of nitrogens with zero attached hydrogens (tertiary/aromatic N) is 2. The van der Waals surface area contributed by atoms with Crippen LogP contribution in [0.1, 0.15) is 33.2 Å². The second kappa shape index (κ2) is 6.43. The van der Waals surface area contributed by atoms with Gasteiger partial charge in [-0.25, -0.2) is 9.78 Å². The third-order valence-corrected chi connectivity index (χ3v) is 3.60. The molecular formula is C14H16N2O2S. The van der Waals surface area contributed by atoms with Crippen LogP contribution in [0.2, 0.25) is 0 Å². The molecule has 2 heterocycles. The van der Waals surface area contributed by atoms with Crippen LogP contribution in [0.4, 0.5) is 0 Å². The summed E-state index contributed by atoms with van der Waals surface area (Å²) in [6, 6.07) is 5.95. The van der Waals surface area contributed by atoms with Crippen molar-refractivity contribution in [2.45, 2.75) is 26.7 Å². The van der Waals surface area contributed by atoms with Crippen molar-refractivity contribution in [3.05, 3.63) is 45.7 Å². The molecule has 0 aliphatic carbocycles. The summed E-state index contributed by atoms with van der Waals surface area (Å²) in [6.07, 6.45) is 1.59. The molecular weight excluding hydrogens is 260 g/mol. The van der Waals surface area contributed by atoms with Gasteiger partial charge in [-0.3, -0.25) is 4.98 Å². The summed E-state index contributed by atoms with van der Waals surface area (Å²) in [7, 11) is 0. The Balaban J connectivity index is 1.75. The van der Waals surface area contributed by atoms with E-state index < -0.39 is 0 Å². The molecule has 0 radical (unpaired) electrons. The van der Waals surface area contributed by atoms with Gasteiger partial charge in [0, 0.05) is 11.4 Å². The van der Waals surface area contributed by atoms with Gasteiger partial charge in [-0.15, -0.1) is 11.3 Å². The van der Waals surface area contributed by atoms with E-state index in [4.69, 9.17) is 4.74 Å². The molecule has 2 rings (SSSR count). The lowest BCUT2D eigenvalue weighted by Crippen LogP contribution is -2.07. The Labute approximate surface area is 116 Å². The summed E-state index contributed by atoms with van der Waals surface area (Å²) in [5.41, 5.74) is 4.43. The van der Waals surface area contributed by atoms with Crippen LogP contribution in [0.15, 0.2) is 23.7 Å². The molecule has 0 saturated heterocycles. The highest BCUT2D eigenvalue weighted by Gasteiger charge is 2.12. The number of pyridine rings is 1. The minimum Gasteiger partial charge on any atom is -0.461 e. The second-order valence-electron chi connectivity index (χ2n) is 4.28. The fraction of sp³-hybridized carbons (Fsp3) is 0.357. The smallest absolute Gasteiger partial charge is 0.350 e. The first-order valence-corrected chi connectivity index (χ1v) is 7.04. The number of thiazole rings is 1. The monoisotopic (exact) mass is 276 g/mol. The Kier molecular flexibility index (Phi) is 4.63. The van der Waals surface area contributed by atoms with Crippen molar-refractivity contribution in [2.24, 2.45) is 0 Å². The number of esters is 1. The van der Waals surface area contributed by atoms with E-state index in [1.54, 1.807) is 5.51 Å². The molecule has 100 valence electrons. The van der Waals surface area contributed by atoms with Gasteiger partial charge in [-0.05, 0) is 38.8 Å². The first kappa shape index (κ1) is 13.7. The minimum atomic E-state index is -0.280. The van der Waals surface area contributed by atoms with Crippen molar-refractivity contribution in [1.82, 2.24) is 9.97 Å². The molecule has 0 aliphatic heterocycles. The van der Waals surface area contributed by atoms with Gasteiger partial charge in [0.25, 0.3) is 0 Å². The topological polar surface area (TPSA) is 52.1 Å². The van der Waals surface area contributed by atoms with Crippen molar-refractivity contribution in [1.29, 1.82) is 0 Å². The lowest BCUT2D eigenvalue weighted by atomic mass is 10.2. The predicted molar refractivity (Wildman–Crippen MR) is 74.4 cm³/mol. The van der Waals surface area contributed by atoms with E-state index in [1.165, 1.54) is 11.3 Å². The number of carbonyl (C=O) groups excluding carboxylic acids is 1. The highest BCUT2D eigenvalue weighted by molar-refractivity contribution is 7.11. The van der Waals surface area contributed by atoms with E-state index in [2.05, 4.69) is 9.97 Å². The lowest BCUT2D eigenvalue weighted by Gasteiger charge is -2.04. The molecule has 2 aromatic rings. The first-order chi connectivity index (χ1) is 9.16. The van der Waals surface area contributed by atoms with Gasteiger partial charge in [0.1, 0.15) is 4.88 Å². The van der Waals surface area contributed by atoms with E-state index in [0.29, 0.717) is 11.5 Å². The normalized spacial score (nSPS) is 10.4. The molecule has 0 N–H and O–H groups in total. The summed E-state index contributed by atoms with van der Waals surface area (Å²) < 4.78 is 5.22. The van der Waals surface area contributed by atoms with Crippen LogP contribution in [-0.2, 0) is 11.2 Å². The molecule has 0 saturated carbocycles. The number of ether oxygens (including phenoxy) is 1. The zero-order valence-electron chi connectivity index (χ0n) is 11.0. The second-order valence-corrected chi connectivity index (χ2v) is 5.13. The Bertz CT molecular complexity index is 566. The zero-order chi connectivity index (χ0) is 13.7. The molecule has 19 heavy (non-hydrogen) atoms. The number of hydrogen-bond donors (Lipinski definition) is 0. The zero-order valence-corrected chi connectivity index (χ0v) is 11.9. The maximum absolute atomic E-state index is 11.7. The molecule has 0 spiro atoms. The summed E-state index contributed by atoms with van der Waals surface area (Å²) in [4.78, 5) is 20.8. The fourth-order valence-electron chi connectivity index (χ4n) is 1.72. The summed E-state index contributed by atoms with van der Waals surface area (Å²) in [6.45, 7) is 4.19. The first-order valence-electron chi connectivity index (χ1n) is 6.16. The average molecular weight is 276 g/mol. The minimum absolute atomic E-state index is 0.280. The highest BCUT2D eigenvalue weighted by atomic mass is 32.1. The Morgan fingerprint density at radius 2 is 2.21 bits per heavy atom. The molecule has 0 unspecified atom stereocenters. The summed E-state index contributed by atoms with van der Waals surface area (Å²) in [5, 5.41) is 0. The van der Waals surface area contributed by atoms with Crippen molar-refractivity contribution >= 4 is 17.3 Å². The van der Waals surface area contributed by atoms with Crippen LogP contribution in [-0.4, -0.2) is 22.5 Å². The molecule has 0 atom stereocenters. The van der Waals surface area contributed by atoms with E-state index in [-0.39, 0.29) is 5.97 Å². The molecule has 0 fully saturated rings. The van der Waals surface area contributed by atoms with E-state index in [1.807, 2.05) is 32.0 Å².